The van der Waals surface area contributed by atoms with Crippen LogP contribution in [0.1, 0.15) is 5.56 Å². The lowest BCUT2D eigenvalue weighted by atomic mass is 10.0. The molecule has 1 saturated heterocycles. The van der Waals surface area contributed by atoms with Gasteiger partial charge in [-0.3, -0.25) is 14.4 Å². The zero-order valence-corrected chi connectivity index (χ0v) is 23.1. The quantitative estimate of drug-likeness (QED) is 0.376. The molecule has 0 aliphatic carbocycles. The van der Waals surface area contributed by atoms with Crippen LogP contribution >= 0.6 is 0 Å². The first-order chi connectivity index (χ1) is 19.9. The molecule has 15 heteroatoms. The summed E-state index contributed by atoms with van der Waals surface area (Å²) in [6.45, 7) is 3.71. The van der Waals surface area contributed by atoms with Crippen LogP contribution in [0.3, 0.4) is 0 Å². The summed E-state index contributed by atoms with van der Waals surface area (Å²) < 4.78 is 35.2. The summed E-state index contributed by atoms with van der Waals surface area (Å²) in [7, 11) is 5.45. The number of nitriles is 1. The number of carbonyl (C=O) groups excluding carboxylic acids is 1. The zero-order valence-electron chi connectivity index (χ0n) is 23.1. The number of rotatable bonds is 5. The first-order valence-corrected chi connectivity index (χ1v) is 12.7. The van der Waals surface area contributed by atoms with E-state index in [-0.39, 0.29) is 5.91 Å². The number of fused-ring (bicyclic) bond motifs is 1. The van der Waals surface area contributed by atoms with Gasteiger partial charge in [-0.1, -0.05) is 0 Å². The Morgan fingerprint density at radius 3 is 2.24 bits per heavy atom. The fraction of sp³-hybridized carbons (Fsp3) is 0.333. The Balaban J connectivity index is 0.000000517. The maximum absolute atomic E-state index is 12.0. The normalized spacial score (nSPS) is 13.8. The van der Waals surface area contributed by atoms with Crippen molar-refractivity contribution in [3.8, 4) is 28.3 Å². The molecule has 0 spiro atoms. The molecule has 1 N–H and O–H groups in total. The summed E-state index contributed by atoms with van der Waals surface area (Å²) in [4.78, 5) is 31.7. The molecule has 1 fully saturated rings. The lowest BCUT2D eigenvalue weighted by Gasteiger charge is -2.35. The summed E-state index contributed by atoms with van der Waals surface area (Å²) >= 11 is 0. The van der Waals surface area contributed by atoms with Gasteiger partial charge in [-0.2, -0.15) is 28.6 Å². The molecule has 0 radical (unpaired) electrons. The molecule has 220 valence electrons. The number of hydrogen-bond acceptors (Lipinski definition) is 8. The van der Waals surface area contributed by atoms with E-state index in [0.717, 1.165) is 59.8 Å². The molecule has 0 unspecified atom stereocenters. The lowest BCUT2D eigenvalue weighted by molar-refractivity contribution is -0.192. The second-order valence-electron chi connectivity index (χ2n) is 9.77. The molecule has 5 rings (SSSR count). The second kappa shape index (κ2) is 12.3. The first kappa shape index (κ1) is 30.0. The number of hydrogen-bond donors (Lipinski definition) is 1. The van der Waals surface area contributed by atoms with Crippen molar-refractivity contribution in [3.05, 3.63) is 54.7 Å². The third-order valence-electron chi connectivity index (χ3n) is 6.63. The Morgan fingerprint density at radius 2 is 1.71 bits per heavy atom. The molecule has 1 amide bonds. The molecule has 12 nitrogen and oxygen atoms in total. The third-order valence-corrected chi connectivity index (χ3v) is 6.63. The number of alkyl halides is 3. The van der Waals surface area contributed by atoms with Crippen LogP contribution in [0.2, 0.25) is 0 Å². The number of carbonyl (C=O) groups is 2. The van der Waals surface area contributed by atoms with E-state index in [9.17, 15) is 23.2 Å². The van der Waals surface area contributed by atoms with Gasteiger partial charge in [0, 0.05) is 88.2 Å². The first-order valence-electron chi connectivity index (χ1n) is 12.7. The summed E-state index contributed by atoms with van der Waals surface area (Å²) in [6.07, 6.45) is 4.04. The van der Waals surface area contributed by atoms with Crippen LogP contribution in [0, 0.1) is 11.3 Å². The van der Waals surface area contributed by atoms with E-state index < -0.39 is 12.1 Å². The van der Waals surface area contributed by atoms with E-state index in [2.05, 4.69) is 32.1 Å². The maximum atomic E-state index is 12.0. The number of aliphatic carboxylic acids is 1. The van der Waals surface area contributed by atoms with Gasteiger partial charge in [0.05, 0.1) is 30.0 Å². The van der Waals surface area contributed by atoms with E-state index in [4.69, 9.17) is 14.9 Å². The van der Waals surface area contributed by atoms with Crippen LogP contribution in [-0.2, 0) is 16.6 Å². The summed E-state index contributed by atoms with van der Waals surface area (Å²) in [6, 6.07) is 8.37. The topological polar surface area (TPSA) is 136 Å². The molecule has 0 saturated carbocycles. The number of halogens is 3. The number of anilines is 1. The average molecular weight is 584 g/mol. The van der Waals surface area contributed by atoms with Gasteiger partial charge in [-0.15, -0.1) is 0 Å². The second-order valence-corrected chi connectivity index (χ2v) is 9.77. The van der Waals surface area contributed by atoms with Crippen molar-refractivity contribution < 1.29 is 27.9 Å². The number of likely N-dealkylation sites (N-methyl/N-ethyl adjacent to an activating group) is 1. The minimum atomic E-state index is -5.08. The smallest absolute Gasteiger partial charge is 0.475 e. The van der Waals surface area contributed by atoms with Crippen molar-refractivity contribution >= 4 is 23.2 Å². The molecule has 0 bridgehead atoms. The van der Waals surface area contributed by atoms with Crippen LogP contribution in [0.5, 0.6) is 0 Å². The number of pyridine rings is 2. The van der Waals surface area contributed by atoms with Gasteiger partial charge < -0.3 is 14.9 Å². The van der Waals surface area contributed by atoms with Gasteiger partial charge in [0.1, 0.15) is 11.9 Å². The molecular weight excluding hydrogens is 555 g/mol. The molecule has 0 atom stereocenters. The van der Waals surface area contributed by atoms with Gasteiger partial charge in [-0.25, -0.2) is 14.3 Å². The highest BCUT2D eigenvalue weighted by Gasteiger charge is 2.38. The Labute approximate surface area is 238 Å². The third kappa shape index (κ3) is 6.84. The van der Waals surface area contributed by atoms with Crippen molar-refractivity contribution in [1.29, 1.82) is 5.26 Å². The monoisotopic (exact) mass is 583 g/mol. The Bertz CT molecular complexity index is 1610. The van der Waals surface area contributed by atoms with Crippen LogP contribution < -0.4 is 4.90 Å². The number of piperazine rings is 1. The SMILES string of the molecule is CN(C)C(=O)CN1CCN(c2ccc(-c3cc(-c4cnn(C)c4)cn4ncc(C#N)c34)cn2)CC1.O=C(O)C(F)(F)F. The van der Waals surface area contributed by atoms with E-state index in [1.165, 1.54) is 0 Å². The minimum Gasteiger partial charge on any atom is -0.475 e. The van der Waals surface area contributed by atoms with Gasteiger partial charge in [0.25, 0.3) is 0 Å². The van der Waals surface area contributed by atoms with Crippen molar-refractivity contribution in [2.24, 2.45) is 7.05 Å². The summed E-state index contributed by atoms with van der Waals surface area (Å²) in [5, 5.41) is 25.5. The predicted octanol–water partition coefficient (Wildman–Crippen LogP) is 2.51. The van der Waals surface area contributed by atoms with Crippen LogP contribution in [0.25, 0.3) is 27.8 Å². The van der Waals surface area contributed by atoms with Crippen molar-refractivity contribution in [1.82, 2.24) is 34.2 Å². The van der Waals surface area contributed by atoms with E-state index in [1.807, 2.05) is 44.0 Å². The van der Waals surface area contributed by atoms with Gasteiger partial charge in [-0.05, 0) is 18.2 Å². The van der Waals surface area contributed by atoms with Crippen molar-refractivity contribution in [3.63, 3.8) is 0 Å². The fourth-order valence-corrected chi connectivity index (χ4v) is 4.35. The highest BCUT2D eigenvalue weighted by atomic mass is 19.4. The molecule has 4 aromatic heterocycles. The predicted molar refractivity (Wildman–Crippen MR) is 146 cm³/mol. The highest BCUT2D eigenvalue weighted by Crippen LogP contribution is 2.32. The van der Waals surface area contributed by atoms with E-state index in [1.54, 1.807) is 34.4 Å². The fourth-order valence-electron chi connectivity index (χ4n) is 4.35. The molecule has 1 aliphatic rings. The lowest BCUT2D eigenvalue weighted by Crippen LogP contribution is -2.49. The molecule has 5 heterocycles. The average Bonchev–Trinajstić information content (AvgIpc) is 3.59. The summed E-state index contributed by atoms with van der Waals surface area (Å²) in [5.74, 6) is -1.73. The van der Waals surface area contributed by atoms with Crippen LogP contribution in [-0.4, -0.2) is 104 Å². The number of aromatic nitrogens is 5. The number of amides is 1. The standard InChI is InChI=1S/C25H27N9O.C2HF3O2/c1-30(2)24(35)17-32-6-8-33(9-7-32)23-5-4-18(12-27-23)22-10-19(21-14-28-31(3)15-21)16-34-25(22)20(11-26)13-29-34;3-2(4,5)1(6)7/h4-5,10,12-16H,6-9,17H2,1-3H3;(H,6,7). The molecular formula is C27H28F3N9O3. The zero-order chi connectivity index (χ0) is 30.6. The minimum absolute atomic E-state index is 0.123. The highest BCUT2D eigenvalue weighted by molar-refractivity contribution is 5.87. The molecule has 42 heavy (non-hydrogen) atoms. The number of nitrogens with zero attached hydrogens (tertiary/aromatic N) is 9. The largest absolute Gasteiger partial charge is 0.490 e. The molecule has 0 aromatic carbocycles. The van der Waals surface area contributed by atoms with Crippen molar-refractivity contribution in [2.75, 3.05) is 51.7 Å². The summed E-state index contributed by atoms with van der Waals surface area (Å²) in [5.41, 5.74) is 5.02. The van der Waals surface area contributed by atoms with Gasteiger partial charge >= 0.3 is 12.1 Å². The Hall–Kier alpha value is -4.97. The molecule has 1 aliphatic heterocycles. The van der Waals surface area contributed by atoms with Gasteiger partial charge in [0.2, 0.25) is 5.91 Å². The van der Waals surface area contributed by atoms with Crippen LogP contribution in [0.15, 0.2) is 49.2 Å². The number of carboxylic acid groups (broad SMARTS) is 1. The van der Waals surface area contributed by atoms with Crippen molar-refractivity contribution in [2.45, 2.75) is 6.18 Å². The number of carboxylic acids is 1. The molecule has 4 aromatic rings. The Kier molecular flexibility index (Phi) is 8.76. The Morgan fingerprint density at radius 1 is 1.02 bits per heavy atom. The van der Waals surface area contributed by atoms with E-state index in [0.29, 0.717) is 12.1 Å². The maximum Gasteiger partial charge on any atom is 0.490 e. The number of aryl methyl sites for hydroxylation is 1. The van der Waals surface area contributed by atoms with Crippen LogP contribution in [0.4, 0.5) is 19.0 Å². The van der Waals surface area contributed by atoms with E-state index >= 15 is 0 Å². The van der Waals surface area contributed by atoms with Gasteiger partial charge in [0.15, 0.2) is 0 Å².